The molecule has 1 aromatic carbocycles. The van der Waals surface area contributed by atoms with Crippen molar-refractivity contribution in [3.63, 3.8) is 0 Å². The van der Waals surface area contributed by atoms with E-state index in [2.05, 4.69) is 20.2 Å². The molecule has 0 spiro atoms. The second kappa shape index (κ2) is 7.27. The maximum absolute atomic E-state index is 15.0. The molecule has 1 saturated carbocycles. The third kappa shape index (κ3) is 3.27. The van der Waals surface area contributed by atoms with Gasteiger partial charge in [0.15, 0.2) is 0 Å². The van der Waals surface area contributed by atoms with Gasteiger partial charge in [0.2, 0.25) is 0 Å². The van der Waals surface area contributed by atoms with Crippen LogP contribution in [0.5, 0.6) is 0 Å². The summed E-state index contributed by atoms with van der Waals surface area (Å²) in [7, 11) is 0. The Morgan fingerprint density at radius 2 is 2.00 bits per heavy atom. The second-order valence-corrected chi connectivity index (χ2v) is 8.62. The number of hydrogen-bond acceptors (Lipinski definition) is 7. The average Bonchev–Trinajstić information content (AvgIpc) is 3.30. The van der Waals surface area contributed by atoms with Gasteiger partial charge >= 0.3 is 6.09 Å². The fourth-order valence-corrected chi connectivity index (χ4v) is 4.76. The van der Waals surface area contributed by atoms with E-state index in [9.17, 15) is 9.18 Å². The molecule has 1 amide bonds. The van der Waals surface area contributed by atoms with Gasteiger partial charge in [-0.3, -0.25) is 4.90 Å². The first-order valence-corrected chi connectivity index (χ1v) is 10.7. The van der Waals surface area contributed by atoms with Gasteiger partial charge in [-0.25, -0.2) is 18.9 Å². The molecule has 0 unspecified atom stereocenters. The molecule has 3 fully saturated rings. The number of cyclic esters (lactones) is 1. The van der Waals surface area contributed by atoms with E-state index >= 15 is 0 Å². The average molecular weight is 435 g/mol. The minimum Gasteiger partial charge on any atom is -0.442 e. The molecule has 164 valence electrons. The lowest BCUT2D eigenvalue weighted by Gasteiger charge is -2.20. The monoisotopic (exact) mass is 435 g/mol. The van der Waals surface area contributed by atoms with Crippen LogP contribution in [-0.2, 0) is 11.3 Å². The molecule has 3 aliphatic rings. The molecular formula is C22H22FN7O2. The van der Waals surface area contributed by atoms with Gasteiger partial charge in [0.1, 0.15) is 17.7 Å². The molecule has 6 rings (SSSR count). The molecule has 0 bridgehead atoms. The largest absolute Gasteiger partial charge is 0.442 e. The van der Waals surface area contributed by atoms with E-state index < -0.39 is 11.9 Å². The molecule has 2 aliphatic heterocycles. The highest BCUT2D eigenvalue weighted by atomic mass is 19.1. The van der Waals surface area contributed by atoms with Gasteiger partial charge in [0, 0.05) is 42.7 Å². The summed E-state index contributed by atoms with van der Waals surface area (Å²) in [6, 6.07) is 8.89. The summed E-state index contributed by atoms with van der Waals surface area (Å²) in [6.45, 7) is 2.58. The van der Waals surface area contributed by atoms with Gasteiger partial charge < -0.3 is 15.4 Å². The van der Waals surface area contributed by atoms with Gasteiger partial charge in [-0.05, 0) is 42.2 Å². The Kier molecular flexibility index (Phi) is 4.35. The van der Waals surface area contributed by atoms with Crippen LogP contribution in [0.4, 0.5) is 20.7 Å². The van der Waals surface area contributed by atoms with E-state index in [-0.39, 0.29) is 6.10 Å². The Labute approximate surface area is 183 Å². The zero-order chi connectivity index (χ0) is 21.8. The fraction of sp³-hybridized carbons (Fsp3) is 0.364. The van der Waals surface area contributed by atoms with Crippen LogP contribution >= 0.6 is 0 Å². The Morgan fingerprint density at radius 3 is 2.69 bits per heavy atom. The van der Waals surface area contributed by atoms with Crippen molar-refractivity contribution in [1.82, 2.24) is 20.0 Å². The van der Waals surface area contributed by atoms with Crippen molar-refractivity contribution in [1.29, 1.82) is 0 Å². The number of halogens is 1. The van der Waals surface area contributed by atoms with Crippen molar-refractivity contribution in [3.05, 3.63) is 54.7 Å². The first-order valence-electron chi connectivity index (χ1n) is 10.7. The van der Waals surface area contributed by atoms with Crippen molar-refractivity contribution in [2.45, 2.75) is 18.7 Å². The summed E-state index contributed by atoms with van der Waals surface area (Å²) < 4.78 is 22.0. The van der Waals surface area contributed by atoms with Crippen LogP contribution in [0.1, 0.15) is 0 Å². The number of hydrogen-bond donors (Lipinski definition) is 1. The number of fused-ring (bicyclic) bond motifs is 1. The van der Waals surface area contributed by atoms with Gasteiger partial charge in [-0.1, -0.05) is 5.21 Å². The molecule has 2 N–H and O–H groups in total. The number of ether oxygens (including phenoxy) is 1. The van der Waals surface area contributed by atoms with Crippen LogP contribution in [0.25, 0.3) is 11.1 Å². The number of nitrogens with two attached hydrogens (primary N) is 1. The van der Waals surface area contributed by atoms with Crippen molar-refractivity contribution in [2.24, 2.45) is 17.6 Å². The van der Waals surface area contributed by atoms with Gasteiger partial charge in [0.25, 0.3) is 0 Å². The minimum atomic E-state index is -0.503. The molecule has 2 aromatic heterocycles. The third-order valence-corrected chi connectivity index (χ3v) is 6.64. The number of anilines is 2. The molecule has 1 aliphatic carbocycles. The summed E-state index contributed by atoms with van der Waals surface area (Å²) in [5.41, 5.74) is 7.58. The molecule has 9 nitrogen and oxygen atoms in total. The number of carbonyl (C=O) groups excluding carboxylic acids is 1. The SMILES string of the molecule is N[C@@H]1[C@H]2CN(c3ccc(-c4ccc(N5C[C@H](Cn6ccnn6)OC5=O)cc4F)cn3)C[C@@H]12. The fourth-order valence-electron chi connectivity index (χ4n) is 4.76. The molecule has 10 heteroatoms. The molecule has 3 aromatic rings. The predicted molar refractivity (Wildman–Crippen MR) is 114 cm³/mol. The Hall–Kier alpha value is -3.53. The van der Waals surface area contributed by atoms with Gasteiger partial charge in [-0.15, -0.1) is 5.10 Å². The van der Waals surface area contributed by atoms with Crippen LogP contribution < -0.4 is 15.5 Å². The van der Waals surface area contributed by atoms with Crippen molar-refractivity contribution >= 4 is 17.6 Å². The Morgan fingerprint density at radius 1 is 1.16 bits per heavy atom. The number of amides is 1. The summed E-state index contributed by atoms with van der Waals surface area (Å²) >= 11 is 0. The van der Waals surface area contributed by atoms with Crippen LogP contribution in [-0.4, -0.2) is 57.9 Å². The number of aromatic nitrogens is 4. The van der Waals surface area contributed by atoms with E-state index in [4.69, 9.17) is 10.5 Å². The minimum absolute atomic E-state index is 0.315. The normalized spacial score (nSPS) is 26.4. The summed E-state index contributed by atoms with van der Waals surface area (Å²) in [5, 5.41) is 7.63. The molecule has 2 saturated heterocycles. The zero-order valence-electron chi connectivity index (χ0n) is 17.2. The molecule has 4 heterocycles. The van der Waals surface area contributed by atoms with Crippen molar-refractivity contribution in [2.75, 3.05) is 29.4 Å². The lowest BCUT2D eigenvalue weighted by Crippen LogP contribution is -2.28. The van der Waals surface area contributed by atoms with Crippen LogP contribution in [0, 0.1) is 17.7 Å². The number of pyridine rings is 1. The number of nitrogens with zero attached hydrogens (tertiary/aromatic N) is 6. The van der Waals surface area contributed by atoms with Crippen LogP contribution in [0.2, 0.25) is 0 Å². The highest BCUT2D eigenvalue weighted by Crippen LogP contribution is 2.45. The molecule has 0 radical (unpaired) electrons. The lowest BCUT2D eigenvalue weighted by molar-refractivity contribution is 0.129. The number of piperidine rings is 1. The van der Waals surface area contributed by atoms with E-state index in [0.717, 1.165) is 18.9 Å². The van der Waals surface area contributed by atoms with E-state index in [1.165, 1.54) is 11.0 Å². The predicted octanol–water partition coefficient (Wildman–Crippen LogP) is 1.90. The highest BCUT2D eigenvalue weighted by molar-refractivity contribution is 5.90. The molecule has 4 atom stereocenters. The van der Waals surface area contributed by atoms with Crippen molar-refractivity contribution in [3.8, 4) is 11.1 Å². The summed E-state index contributed by atoms with van der Waals surface area (Å²) in [5.74, 6) is 1.63. The summed E-state index contributed by atoms with van der Waals surface area (Å²) in [4.78, 5) is 20.5. The van der Waals surface area contributed by atoms with Crippen LogP contribution in [0.15, 0.2) is 48.9 Å². The standard InChI is InChI=1S/C22H22FN7O2/c23-19-7-14(30-10-15(32-22(30)31)9-29-6-5-26-27-29)2-3-16(19)13-1-4-20(25-8-13)28-11-17-18(12-28)21(17)24/h1-8,15,17-18,21H,9-12,24H2/t15-,17-,18+,21+/m0/s1. The maximum atomic E-state index is 15.0. The van der Waals surface area contributed by atoms with Gasteiger partial charge in [-0.2, -0.15) is 0 Å². The quantitative estimate of drug-likeness (QED) is 0.653. The Bertz CT molecular complexity index is 1140. The smallest absolute Gasteiger partial charge is 0.414 e. The zero-order valence-corrected chi connectivity index (χ0v) is 17.2. The Balaban J connectivity index is 1.16. The number of carbonyl (C=O) groups is 1. The second-order valence-electron chi connectivity index (χ2n) is 8.62. The number of benzene rings is 1. The first kappa shape index (κ1) is 19.2. The molecular weight excluding hydrogens is 413 g/mol. The highest BCUT2D eigenvalue weighted by Gasteiger charge is 2.53. The molecule has 32 heavy (non-hydrogen) atoms. The van der Waals surface area contributed by atoms with E-state index in [1.807, 2.05) is 12.1 Å². The third-order valence-electron chi connectivity index (χ3n) is 6.64. The lowest BCUT2D eigenvalue weighted by atomic mass is 10.1. The van der Waals surface area contributed by atoms with Gasteiger partial charge in [0.05, 0.1) is 25.0 Å². The van der Waals surface area contributed by atoms with Crippen LogP contribution in [0.3, 0.4) is 0 Å². The van der Waals surface area contributed by atoms with E-state index in [0.29, 0.717) is 47.8 Å². The van der Waals surface area contributed by atoms with Crippen molar-refractivity contribution < 1.29 is 13.9 Å². The van der Waals surface area contributed by atoms with E-state index in [1.54, 1.807) is 35.4 Å². The number of rotatable bonds is 5. The topological polar surface area (TPSA) is 102 Å². The summed E-state index contributed by atoms with van der Waals surface area (Å²) in [6.07, 6.45) is 4.07. The maximum Gasteiger partial charge on any atom is 0.414 e. The first-order chi connectivity index (χ1) is 15.6.